The lowest BCUT2D eigenvalue weighted by molar-refractivity contribution is -1.92. The van der Waals surface area contributed by atoms with Crippen molar-refractivity contribution in [1.82, 2.24) is 0 Å². The highest BCUT2D eigenvalue weighted by Crippen LogP contribution is 1.61. The zero-order valence-electron chi connectivity index (χ0n) is 4.81. The van der Waals surface area contributed by atoms with E-state index in [0.717, 1.165) is 0 Å². The first kappa shape index (κ1) is 17.9. The molecular formula is H2Cl2MgO8. The fraction of sp³-hybridized carbons (Fsp3) is 0. The summed E-state index contributed by atoms with van der Waals surface area (Å²) in [6.45, 7) is 0. The first-order valence-corrected chi connectivity index (χ1v) is 3.79. The summed E-state index contributed by atoms with van der Waals surface area (Å²) in [7, 11) is -9.39. The van der Waals surface area contributed by atoms with Gasteiger partial charge >= 0.3 is 0 Å². The molecule has 0 atom stereocenters. The van der Waals surface area contributed by atoms with Gasteiger partial charge < -0.3 is 0 Å². The van der Waals surface area contributed by atoms with E-state index in [1.807, 2.05) is 0 Å². The predicted octanol–water partition coefficient (Wildman–Crippen LogP) is -8.63. The van der Waals surface area contributed by atoms with Crippen LogP contribution in [0, 0.1) is 20.5 Å². The molecule has 2 N–H and O–H groups in total. The Morgan fingerprint density at radius 1 is 0.636 bits per heavy atom. The van der Waals surface area contributed by atoms with Crippen molar-refractivity contribution < 1.29 is 57.8 Å². The zero-order valence-corrected chi connectivity index (χ0v) is 7.73. The van der Waals surface area contributed by atoms with Crippen LogP contribution in [0.3, 0.4) is 0 Å². The summed E-state index contributed by atoms with van der Waals surface area (Å²) in [4.78, 5) is 0. The van der Waals surface area contributed by atoms with Crippen LogP contribution in [0.4, 0.5) is 0 Å². The van der Waals surface area contributed by atoms with E-state index >= 15 is 0 Å². The molecular weight excluding hydrogens is 223 g/mol. The summed E-state index contributed by atoms with van der Waals surface area (Å²) >= 11 is 0. The van der Waals surface area contributed by atoms with Gasteiger partial charge in [0.05, 0.1) is 29.8 Å². The maximum absolute atomic E-state index is 8.60. The Bertz CT molecular complexity index is 55.1. The molecule has 0 aliphatic rings. The molecule has 0 aliphatic heterocycles. The molecule has 66 valence electrons. The molecule has 11 heavy (non-hydrogen) atoms. The van der Waals surface area contributed by atoms with Crippen molar-refractivity contribution in [2.24, 2.45) is 0 Å². The largest absolute Gasteiger partial charge is 0.183 e. The molecule has 0 aliphatic carbocycles. The van der Waals surface area contributed by atoms with Crippen molar-refractivity contribution in [2.75, 3.05) is 0 Å². The molecule has 8 nitrogen and oxygen atoms in total. The second-order valence-corrected chi connectivity index (χ2v) is 2.38. The topological polar surface area (TPSA) is 179 Å². The Labute approximate surface area is 80.9 Å². The minimum atomic E-state index is -4.69. The van der Waals surface area contributed by atoms with Crippen LogP contribution in [-0.4, -0.2) is 32.4 Å². The van der Waals surface area contributed by atoms with E-state index in [9.17, 15) is 0 Å². The van der Waals surface area contributed by atoms with Gasteiger partial charge in [0.15, 0.2) is 0 Å². The Morgan fingerprint density at radius 2 is 0.636 bits per heavy atom. The first-order chi connectivity index (χ1) is 4.00. The third kappa shape index (κ3) is 853. The van der Waals surface area contributed by atoms with Gasteiger partial charge in [-0.1, -0.05) is 0 Å². The van der Waals surface area contributed by atoms with Crippen LogP contribution < -0.4 is 28.0 Å². The molecule has 0 aromatic rings. The van der Waals surface area contributed by atoms with Gasteiger partial charge in [-0.25, -0.2) is 0 Å². The highest BCUT2D eigenvalue weighted by Gasteiger charge is 1.99. The lowest BCUT2D eigenvalue weighted by Gasteiger charge is -2.03. The summed E-state index contributed by atoms with van der Waals surface area (Å²) in [5.74, 6) is 0. The molecule has 0 amide bonds. The second kappa shape index (κ2) is 6.53. The molecule has 0 fully saturated rings. The summed E-state index contributed by atoms with van der Waals surface area (Å²) < 4.78 is 65.4. The van der Waals surface area contributed by atoms with E-state index < -0.39 is 20.5 Å². The Kier molecular flexibility index (Phi) is 10.7. The molecule has 0 aromatic carbocycles. The first-order valence-electron chi connectivity index (χ1n) is 1.26. The molecule has 0 heterocycles. The summed E-state index contributed by atoms with van der Waals surface area (Å²) in [5.41, 5.74) is 0. The third-order valence-corrected chi connectivity index (χ3v) is 0. The van der Waals surface area contributed by atoms with Crippen LogP contribution in [0.2, 0.25) is 0 Å². The third-order valence-electron chi connectivity index (χ3n) is 0. The number of halogens is 2. The van der Waals surface area contributed by atoms with Gasteiger partial charge in [-0.05, 0) is 0 Å². The van der Waals surface area contributed by atoms with Crippen LogP contribution >= 0.6 is 0 Å². The average molecular weight is 225 g/mol. The fourth-order valence-corrected chi connectivity index (χ4v) is 0. The Balaban J connectivity index is -0.000000107. The maximum Gasteiger partial charge on any atom is 0.0777 e. The lowest BCUT2D eigenvalue weighted by Crippen LogP contribution is -2.58. The highest BCUT2D eigenvalue weighted by atomic mass is 35.7. The minimum absolute atomic E-state index is 0. The van der Waals surface area contributed by atoms with E-state index in [4.69, 9.17) is 37.3 Å². The molecule has 0 bridgehead atoms. The van der Waals surface area contributed by atoms with Gasteiger partial charge in [-0.3, -0.25) is 0 Å². The fourth-order valence-electron chi connectivity index (χ4n) is 0. The average Bonchev–Trinajstić information content (AvgIpc) is 1.12. The second-order valence-electron chi connectivity index (χ2n) is 0.792. The quantitative estimate of drug-likeness (QED) is 0.381. The number of rotatable bonds is 0. The van der Waals surface area contributed by atoms with Crippen molar-refractivity contribution >= 4 is 23.1 Å². The van der Waals surface area contributed by atoms with E-state index in [0.29, 0.717) is 0 Å². The molecule has 0 spiro atoms. The van der Waals surface area contributed by atoms with Crippen LogP contribution in [0.5, 0.6) is 0 Å². The molecule has 0 rings (SSSR count). The minimum Gasteiger partial charge on any atom is -0.183 e. The maximum atomic E-state index is 8.60. The molecule has 0 aromatic heterocycles. The van der Waals surface area contributed by atoms with E-state index in [2.05, 4.69) is 0 Å². The number of hydrogen-bond donors (Lipinski definition) is 2. The van der Waals surface area contributed by atoms with Gasteiger partial charge in [-0.15, -0.1) is 0 Å². The molecule has 0 saturated carbocycles. The van der Waals surface area contributed by atoms with E-state index in [-0.39, 0.29) is 23.1 Å². The Hall–Kier alpha value is 1.03. The standard InChI is InChI=1S/2ClHO4.Mg/c2*2-1(3,4)5;/h2*(H,2,3,4,5);. The Morgan fingerprint density at radius 3 is 0.636 bits per heavy atom. The number of hydrogen-bond acceptors (Lipinski definition) is 8. The lowest BCUT2D eigenvalue weighted by atomic mass is 15.8. The van der Waals surface area contributed by atoms with Crippen molar-refractivity contribution in [1.29, 1.82) is 0 Å². The summed E-state index contributed by atoms with van der Waals surface area (Å²) in [6.07, 6.45) is 0. The summed E-state index contributed by atoms with van der Waals surface area (Å²) in [5, 5.41) is 0. The predicted molar refractivity (Wildman–Crippen MR) is 10.2 cm³/mol. The highest BCUT2D eigenvalue weighted by molar-refractivity contribution is 5.75. The van der Waals surface area contributed by atoms with Crippen molar-refractivity contribution in [3.05, 3.63) is 0 Å². The molecule has 11 heteroatoms. The van der Waals surface area contributed by atoms with Gasteiger partial charge in [-0.2, -0.15) is 28.0 Å². The van der Waals surface area contributed by atoms with Gasteiger partial charge in [0.25, 0.3) is 0 Å². The van der Waals surface area contributed by atoms with Crippen LogP contribution in [-0.2, 0) is 0 Å². The molecule has 0 saturated heterocycles. The van der Waals surface area contributed by atoms with E-state index in [1.165, 1.54) is 0 Å². The van der Waals surface area contributed by atoms with Gasteiger partial charge in [0.2, 0.25) is 0 Å². The van der Waals surface area contributed by atoms with Crippen LogP contribution in [0.1, 0.15) is 0 Å². The molecule has 2 radical (unpaired) electrons. The van der Waals surface area contributed by atoms with Gasteiger partial charge in [0.1, 0.15) is 0 Å². The smallest absolute Gasteiger partial charge is 0.0777 e. The monoisotopic (exact) mass is 224 g/mol. The molecule has 0 unspecified atom stereocenters. The SMILES string of the molecule is [Mg].[O-][Cl+3]([O-])([O-])O.[O-][Cl+3]([O-])([O-])O. The van der Waals surface area contributed by atoms with Crippen molar-refractivity contribution in [3.63, 3.8) is 0 Å². The normalized spacial score (nSPS) is 10.9. The van der Waals surface area contributed by atoms with Crippen molar-refractivity contribution in [2.45, 2.75) is 0 Å². The summed E-state index contributed by atoms with van der Waals surface area (Å²) in [6, 6.07) is 0. The van der Waals surface area contributed by atoms with Crippen molar-refractivity contribution in [3.8, 4) is 0 Å². The van der Waals surface area contributed by atoms with Gasteiger partial charge in [0, 0.05) is 23.1 Å². The van der Waals surface area contributed by atoms with E-state index in [1.54, 1.807) is 0 Å². The zero-order chi connectivity index (χ0) is 9.00. The van der Waals surface area contributed by atoms with Crippen LogP contribution in [0.25, 0.3) is 0 Å². The van der Waals surface area contributed by atoms with Crippen LogP contribution in [0.15, 0.2) is 0 Å².